The molecule has 13 heavy (non-hydrogen) atoms. The highest BCUT2D eigenvalue weighted by molar-refractivity contribution is 7.97. The summed E-state index contributed by atoms with van der Waals surface area (Å²) < 4.78 is 2.39. The van der Waals surface area contributed by atoms with Gasteiger partial charge in [-0.15, -0.1) is 0 Å². The molecule has 0 bridgehead atoms. The van der Waals surface area contributed by atoms with Crippen LogP contribution < -0.4 is 0 Å². The molecule has 0 aromatic heterocycles. The zero-order valence-corrected chi connectivity index (χ0v) is 9.22. The molecule has 0 aromatic carbocycles. The summed E-state index contributed by atoms with van der Waals surface area (Å²) in [7, 11) is 0. The Morgan fingerprint density at radius 1 is 1.31 bits per heavy atom. The molecule has 1 saturated heterocycles. The van der Waals surface area contributed by atoms with Crippen LogP contribution in [0.5, 0.6) is 0 Å². The fourth-order valence-electron chi connectivity index (χ4n) is 1.42. The van der Waals surface area contributed by atoms with Crippen LogP contribution in [0.15, 0.2) is 0 Å². The summed E-state index contributed by atoms with van der Waals surface area (Å²) in [6.45, 7) is 9.23. The molecule has 0 radical (unpaired) electrons. The average Bonchev–Trinajstić information content (AvgIpc) is 2.08. The third kappa shape index (κ3) is 4.11. The first-order valence-corrected chi connectivity index (χ1v) is 5.63. The first-order chi connectivity index (χ1) is 6.22. The fraction of sp³-hybridized carbons (Fsp3) is 0.889. The van der Waals surface area contributed by atoms with Gasteiger partial charge in [0, 0.05) is 31.4 Å². The summed E-state index contributed by atoms with van der Waals surface area (Å²) >= 11 is 1.91. The summed E-state index contributed by atoms with van der Waals surface area (Å²) in [6.07, 6.45) is 0.991. The van der Waals surface area contributed by atoms with Crippen molar-refractivity contribution in [3.05, 3.63) is 0 Å². The van der Waals surface area contributed by atoms with E-state index in [2.05, 4.69) is 23.1 Å². The van der Waals surface area contributed by atoms with Gasteiger partial charge >= 0.3 is 0 Å². The molecule has 76 valence electrons. The predicted molar refractivity (Wildman–Crippen MR) is 56.8 cm³/mol. The number of aldehydes is 1. The van der Waals surface area contributed by atoms with Gasteiger partial charge in [0.1, 0.15) is 6.29 Å². The summed E-state index contributed by atoms with van der Waals surface area (Å²) in [6, 6.07) is 0. The van der Waals surface area contributed by atoms with E-state index in [4.69, 9.17) is 0 Å². The molecule has 0 saturated carbocycles. The van der Waals surface area contributed by atoms with Crippen LogP contribution in [0, 0.1) is 0 Å². The zero-order chi connectivity index (χ0) is 9.68. The molecule has 0 unspecified atom stereocenters. The zero-order valence-electron chi connectivity index (χ0n) is 8.40. The van der Waals surface area contributed by atoms with E-state index in [9.17, 15) is 4.79 Å². The van der Waals surface area contributed by atoms with E-state index in [0.29, 0.717) is 11.8 Å². The van der Waals surface area contributed by atoms with Crippen LogP contribution in [0.2, 0.25) is 0 Å². The molecular formula is C9H18N2OS. The molecule has 0 aliphatic carbocycles. The minimum Gasteiger partial charge on any atom is -0.302 e. The lowest BCUT2D eigenvalue weighted by molar-refractivity contribution is -0.109. The Bertz CT molecular complexity index is 156. The largest absolute Gasteiger partial charge is 0.302 e. The van der Waals surface area contributed by atoms with Crippen molar-refractivity contribution in [2.24, 2.45) is 0 Å². The maximum Gasteiger partial charge on any atom is 0.133 e. The Balaban J connectivity index is 2.18. The van der Waals surface area contributed by atoms with Gasteiger partial charge in [0.05, 0.1) is 6.54 Å². The molecule has 0 aromatic rings. The lowest BCUT2D eigenvalue weighted by Crippen LogP contribution is -2.44. The quantitative estimate of drug-likeness (QED) is 0.498. The van der Waals surface area contributed by atoms with E-state index in [1.807, 2.05) is 11.9 Å². The highest BCUT2D eigenvalue weighted by Crippen LogP contribution is 2.17. The van der Waals surface area contributed by atoms with E-state index in [0.717, 1.165) is 32.5 Å². The van der Waals surface area contributed by atoms with Crippen LogP contribution >= 0.6 is 11.9 Å². The third-order valence-electron chi connectivity index (χ3n) is 2.02. The number of nitrogens with zero attached hydrogens (tertiary/aromatic N) is 2. The number of hydrogen-bond acceptors (Lipinski definition) is 4. The summed E-state index contributed by atoms with van der Waals surface area (Å²) in [5.41, 5.74) is 0. The summed E-state index contributed by atoms with van der Waals surface area (Å²) in [5, 5.41) is 0.664. The molecule has 1 aliphatic rings. The fourth-order valence-corrected chi connectivity index (χ4v) is 2.39. The van der Waals surface area contributed by atoms with Crippen molar-refractivity contribution in [3.8, 4) is 0 Å². The van der Waals surface area contributed by atoms with E-state index >= 15 is 0 Å². The van der Waals surface area contributed by atoms with Crippen LogP contribution in [0.4, 0.5) is 0 Å². The van der Waals surface area contributed by atoms with Gasteiger partial charge in [-0.2, -0.15) is 0 Å². The van der Waals surface area contributed by atoms with E-state index in [1.54, 1.807) is 0 Å². The molecule has 1 fully saturated rings. The molecule has 3 nitrogen and oxygen atoms in total. The molecule has 1 aliphatic heterocycles. The van der Waals surface area contributed by atoms with Crippen LogP contribution in [0.25, 0.3) is 0 Å². The topological polar surface area (TPSA) is 23.6 Å². The number of carbonyl (C=O) groups is 1. The maximum absolute atomic E-state index is 10.3. The minimum atomic E-state index is 0.597. The molecule has 0 N–H and O–H groups in total. The third-order valence-corrected chi connectivity index (χ3v) is 3.11. The smallest absolute Gasteiger partial charge is 0.133 e. The lowest BCUT2D eigenvalue weighted by Gasteiger charge is -2.33. The average molecular weight is 202 g/mol. The second-order valence-corrected chi connectivity index (χ2v) is 5.22. The Kier molecular flexibility index (Phi) is 4.77. The molecule has 1 heterocycles. The van der Waals surface area contributed by atoms with Crippen molar-refractivity contribution in [1.82, 2.24) is 9.21 Å². The van der Waals surface area contributed by atoms with Gasteiger partial charge in [0.2, 0.25) is 0 Å². The van der Waals surface area contributed by atoms with Crippen molar-refractivity contribution < 1.29 is 4.79 Å². The van der Waals surface area contributed by atoms with E-state index in [-0.39, 0.29) is 0 Å². The van der Waals surface area contributed by atoms with E-state index < -0.39 is 0 Å². The standard InChI is InChI=1S/C9H18N2OS/c1-9(2)13-11-5-3-10(4-6-11)7-8-12/h8-9H,3-7H2,1-2H3. The number of carbonyl (C=O) groups excluding carboxylic acids is 1. The highest BCUT2D eigenvalue weighted by atomic mass is 32.2. The first kappa shape index (κ1) is 11.0. The van der Waals surface area contributed by atoms with Crippen LogP contribution in [-0.2, 0) is 4.79 Å². The SMILES string of the molecule is CC(C)SN1CCN(CC=O)CC1. The molecule has 1 rings (SSSR count). The number of hydrogen-bond donors (Lipinski definition) is 0. The number of piperazine rings is 1. The second kappa shape index (κ2) is 5.62. The van der Waals surface area contributed by atoms with Gasteiger partial charge in [-0.1, -0.05) is 25.8 Å². The molecule has 0 spiro atoms. The highest BCUT2D eigenvalue weighted by Gasteiger charge is 2.17. The minimum absolute atomic E-state index is 0.597. The van der Waals surface area contributed by atoms with Crippen LogP contribution in [0.3, 0.4) is 0 Å². The maximum atomic E-state index is 10.3. The molecule has 4 heteroatoms. The summed E-state index contributed by atoms with van der Waals surface area (Å²) in [4.78, 5) is 12.5. The van der Waals surface area contributed by atoms with Crippen molar-refractivity contribution in [2.75, 3.05) is 32.7 Å². The van der Waals surface area contributed by atoms with Crippen LogP contribution in [-0.4, -0.2) is 53.5 Å². The van der Waals surface area contributed by atoms with Gasteiger partial charge in [-0.3, -0.25) is 4.90 Å². The van der Waals surface area contributed by atoms with E-state index in [1.165, 1.54) is 0 Å². The van der Waals surface area contributed by atoms with Gasteiger partial charge in [-0.05, 0) is 0 Å². The Morgan fingerprint density at radius 3 is 2.38 bits per heavy atom. The van der Waals surface area contributed by atoms with Gasteiger partial charge in [-0.25, -0.2) is 4.31 Å². The van der Waals surface area contributed by atoms with Crippen molar-refractivity contribution in [1.29, 1.82) is 0 Å². The lowest BCUT2D eigenvalue weighted by atomic mass is 10.4. The Morgan fingerprint density at radius 2 is 1.92 bits per heavy atom. The Hall–Kier alpha value is -0.0600. The monoisotopic (exact) mass is 202 g/mol. The number of rotatable bonds is 4. The molecule has 0 amide bonds. The van der Waals surface area contributed by atoms with Crippen molar-refractivity contribution in [3.63, 3.8) is 0 Å². The van der Waals surface area contributed by atoms with Gasteiger partial charge < -0.3 is 4.79 Å². The van der Waals surface area contributed by atoms with Gasteiger partial charge in [0.15, 0.2) is 0 Å². The predicted octanol–water partition coefficient (Wildman–Crippen LogP) is 0.860. The van der Waals surface area contributed by atoms with Gasteiger partial charge in [0.25, 0.3) is 0 Å². The first-order valence-electron chi connectivity index (χ1n) is 4.80. The second-order valence-electron chi connectivity index (χ2n) is 3.55. The van der Waals surface area contributed by atoms with Crippen molar-refractivity contribution >= 4 is 18.2 Å². The van der Waals surface area contributed by atoms with Crippen LogP contribution in [0.1, 0.15) is 13.8 Å². The molecular weight excluding hydrogens is 184 g/mol. The Labute approximate surface area is 84.6 Å². The normalized spacial score (nSPS) is 20.8. The van der Waals surface area contributed by atoms with Crippen molar-refractivity contribution in [2.45, 2.75) is 19.1 Å². The molecule has 0 atom stereocenters. The summed E-state index contributed by atoms with van der Waals surface area (Å²) in [5.74, 6) is 0.